The number of hydrogen-bond donors (Lipinski definition) is 1. The normalized spacial score (nSPS) is 15.4. The molecule has 1 amide bonds. The second-order valence-electron chi connectivity index (χ2n) is 11.8. The summed E-state index contributed by atoms with van der Waals surface area (Å²) in [5.41, 5.74) is 4.09. The molecule has 242 valence electrons. The summed E-state index contributed by atoms with van der Waals surface area (Å²) in [6.07, 6.45) is 0.130. The molecule has 4 aromatic rings. The number of anilines is 1. The number of carbonyl (C=O) groups excluding carboxylic acids is 1. The van der Waals surface area contributed by atoms with Crippen LogP contribution in [0.3, 0.4) is 0 Å². The molecule has 46 heavy (non-hydrogen) atoms. The zero-order valence-corrected chi connectivity index (χ0v) is 26.7. The van der Waals surface area contributed by atoms with Crippen molar-refractivity contribution in [1.29, 1.82) is 0 Å². The van der Waals surface area contributed by atoms with Crippen LogP contribution in [0, 0.1) is 0 Å². The highest BCUT2D eigenvalue weighted by molar-refractivity contribution is 5.99. The van der Waals surface area contributed by atoms with E-state index in [0.29, 0.717) is 75.4 Å². The van der Waals surface area contributed by atoms with Gasteiger partial charge in [0, 0.05) is 50.5 Å². The predicted octanol–water partition coefficient (Wildman–Crippen LogP) is 4.04. The lowest BCUT2D eigenvalue weighted by molar-refractivity contribution is 0.0552. The second kappa shape index (κ2) is 14.8. The maximum absolute atomic E-state index is 14.7. The summed E-state index contributed by atoms with van der Waals surface area (Å²) in [5.74, 6) is 0.535. The molecule has 2 aliphatic heterocycles. The Hall–Kier alpha value is -4.38. The number of piperazine rings is 1. The van der Waals surface area contributed by atoms with Crippen molar-refractivity contribution >= 4 is 11.6 Å². The van der Waals surface area contributed by atoms with Crippen LogP contribution in [-0.4, -0.2) is 91.7 Å². The molecule has 10 nitrogen and oxygen atoms in total. The molecule has 10 heteroatoms. The summed E-state index contributed by atoms with van der Waals surface area (Å²) in [6.45, 7) is 10.5. The number of morpholine rings is 1. The standard InChI is InChI=1S/C36H43N5O5/c1-27(2)45-22-23-46-32-13-6-8-28(24-32)26-40-34(35(42)39-16-14-37-15-17-39)33(29-9-4-3-5-10-29)41(36(40)43)31-12-7-11-30(25-31)38-18-20-44-21-19-38/h3-13,24-25,27,37H,14-23,26H2,1-2H3. The molecular weight excluding hydrogens is 582 g/mol. The molecule has 1 aromatic heterocycles. The zero-order valence-electron chi connectivity index (χ0n) is 26.7. The fraction of sp³-hybridized carbons (Fsp3) is 0.389. The Labute approximate surface area is 270 Å². The van der Waals surface area contributed by atoms with Crippen molar-refractivity contribution < 1.29 is 19.0 Å². The first-order valence-electron chi connectivity index (χ1n) is 16.2. The van der Waals surface area contributed by atoms with Crippen LogP contribution in [0.4, 0.5) is 5.69 Å². The first-order chi connectivity index (χ1) is 22.5. The van der Waals surface area contributed by atoms with Gasteiger partial charge in [-0.25, -0.2) is 4.79 Å². The van der Waals surface area contributed by atoms with Gasteiger partial charge in [-0.3, -0.25) is 13.9 Å². The number of rotatable bonds is 11. The molecule has 0 radical (unpaired) electrons. The van der Waals surface area contributed by atoms with E-state index in [1.54, 1.807) is 9.13 Å². The van der Waals surface area contributed by atoms with E-state index in [-0.39, 0.29) is 24.2 Å². The summed E-state index contributed by atoms with van der Waals surface area (Å²) in [7, 11) is 0. The Kier molecular flexibility index (Phi) is 10.2. The molecule has 0 spiro atoms. The van der Waals surface area contributed by atoms with E-state index in [9.17, 15) is 9.59 Å². The number of imidazole rings is 1. The average Bonchev–Trinajstić information content (AvgIpc) is 3.39. The molecule has 3 aromatic carbocycles. The molecule has 0 atom stereocenters. The van der Waals surface area contributed by atoms with Gasteiger partial charge in [0.1, 0.15) is 18.1 Å². The second-order valence-corrected chi connectivity index (χ2v) is 11.8. The zero-order chi connectivity index (χ0) is 31.9. The van der Waals surface area contributed by atoms with Gasteiger partial charge in [-0.2, -0.15) is 0 Å². The van der Waals surface area contributed by atoms with E-state index in [1.807, 2.05) is 91.5 Å². The minimum Gasteiger partial charge on any atom is -0.491 e. The highest BCUT2D eigenvalue weighted by atomic mass is 16.5. The minimum atomic E-state index is -0.270. The highest BCUT2D eigenvalue weighted by Crippen LogP contribution is 2.30. The van der Waals surface area contributed by atoms with Crippen molar-refractivity contribution in [2.75, 3.05) is 70.6 Å². The van der Waals surface area contributed by atoms with Crippen LogP contribution in [0.25, 0.3) is 16.9 Å². The summed E-state index contributed by atoms with van der Waals surface area (Å²) in [6, 6.07) is 25.5. The molecular formula is C36H43N5O5. The Morgan fingerprint density at radius 3 is 2.37 bits per heavy atom. The highest BCUT2D eigenvalue weighted by Gasteiger charge is 2.31. The summed E-state index contributed by atoms with van der Waals surface area (Å²) >= 11 is 0. The van der Waals surface area contributed by atoms with Gasteiger partial charge < -0.3 is 29.3 Å². The third kappa shape index (κ3) is 7.20. The number of carbonyl (C=O) groups is 1. The molecule has 0 saturated carbocycles. The van der Waals surface area contributed by atoms with Crippen molar-refractivity contribution in [3.05, 3.63) is 101 Å². The number of hydrogen-bond acceptors (Lipinski definition) is 7. The largest absolute Gasteiger partial charge is 0.491 e. The molecule has 0 aliphatic carbocycles. The van der Waals surface area contributed by atoms with Crippen LogP contribution in [0.5, 0.6) is 5.75 Å². The van der Waals surface area contributed by atoms with E-state index in [1.165, 1.54) is 0 Å². The van der Waals surface area contributed by atoms with Gasteiger partial charge in [-0.15, -0.1) is 0 Å². The Bertz CT molecular complexity index is 1670. The van der Waals surface area contributed by atoms with Crippen LogP contribution < -0.4 is 20.6 Å². The predicted molar refractivity (Wildman–Crippen MR) is 179 cm³/mol. The van der Waals surface area contributed by atoms with Crippen molar-refractivity contribution in [1.82, 2.24) is 19.4 Å². The van der Waals surface area contributed by atoms with E-state index < -0.39 is 0 Å². The third-order valence-corrected chi connectivity index (χ3v) is 8.30. The van der Waals surface area contributed by atoms with Crippen molar-refractivity contribution in [2.24, 2.45) is 0 Å². The van der Waals surface area contributed by atoms with Gasteiger partial charge in [-0.1, -0.05) is 48.5 Å². The van der Waals surface area contributed by atoms with E-state index in [2.05, 4.69) is 16.3 Å². The van der Waals surface area contributed by atoms with E-state index in [4.69, 9.17) is 14.2 Å². The quantitative estimate of drug-likeness (QED) is 0.252. The van der Waals surface area contributed by atoms with Gasteiger partial charge in [0.25, 0.3) is 5.91 Å². The first kappa shape index (κ1) is 31.6. The number of nitrogens with one attached hydrogen (secondary N) is 1. The number of amides is 1. The Morgan fingerprint density at radius 2 is 1.61 bits per heavy atom. The van der Waals surface area contributed by atoms with Gasteiger partial charge in [0.15, 0.2) is 0 Å². The van der Waals surface area contributed by atoms with E-state index in [0.717, 1.165) is 29.9 Å². The van der Waals surface area contributed by atoms with Crippen LogP contribution in [-0.2, 0) is 16.0 Å². The first-order valence-corrected chi connectivity index (χ1v) is 16.2. The Balaban J connectivity index is 1.46. The molecule has 1 N–H and O–H groups in total. The summed E-state index contributed by atoms with van der Waals surface area (Å²) in [5, 5.41) is 3.33. The van der Waals surface area contributed by atoms with Gasteiger partial charge in [-0.05, 0) is 49.7 Å². The molecule has 6 rings (SSSR count). The molecule has 2 fully saturated rings. The lowest BCUT2D eigenvalue weighted by Crippen LogP contribution is -2.47. The summed E-state index contributed by atoms with van der Waals surface area (Å²) < 4.78 is 20.5. The molecule has 2 aliphatic rings. The SMILES string of the molecule is CC(C)OCCOc1cccc(Cn2c(C(=O)N3CCNCC3)c(-c3ccccc3)n(-c3cccc(N4CCOCC4)c3)c2=O)c1. The average molecular weight is 626 g/mol. The fourth-order valence-electron chi connectivity index (χ4n) is 6.04. The number of benzene rings is 3. The number of nitrogens with zero attached hydrogens (tertiary/aromatic N) is 4. The van der Waals surface area contributed by atoms with Crippen LogP contribution in [0.1, 0.15) is 29.9 Å². The maximum Gasteiger partial charge on any atom is 0.334 e. The minimum absolute atomic E-state index is 0.130. The van der Waals surface area contributed by atoms with Crippen LogP contribution >= 0.6 is 0 Å². The third-order valence-electron chi connectivity index (χ3n) is 8.30. The van der Waals surface area contributed by atoms with Crippen LogP contribution in [0.2, 0.25) is 0 Å². The molecule has 3 heterocycles. The maximum atomic E-state index is 14.7. The molecule has 2 saturated heterocycles. The van der Waals surface area contributed by atoms with E-state index >= 15 is 0 Å². The smallest absolute Gasteiger partial charge is 0.334 e. The van der Waals surface area contributed by atoms with Gasteiger partial charge in [0.05, 0.1) is 43.9 Å². The lowest BCUT2D eigenvalue weighted by Gasteiger charge is -2.29. The van der Waals surface area contributed by atoms with Crippen LogP contribution in [0.15, 0.2) is 83.7 Å². The Morgan fingerprint density at radius 1 is 0.870 bits per heavy atom. The van der Waals surface area contributed by atoms with Crippen molar-refractivity contribution in [3.63, 3.8) is 0 Å². The monoisotopic (exact) mass is 625 g/mol. The topological polar surface area (TPSA) is 90.2 Å². The number of aromatic nitrogens is 2. The van der Waals surface area contributed by atoms with Crippen molar-refractivity contribution in [3.8, 4) is 22.7 Å². The molecule has 0 unspecified atom stereocenters. The fourth-order valence-corrected chi connectivity index (χ4v) is 6.04. The summed E-state index contributed by atoms with van der Waals surface area (Å²) in [4.78, 5) is 33.3. The van der Waals surface area contributed by atoms with Crippen molar-refractivity contribution in [2.45, 2.75) is 26.5 Å². The molecule has 0 bridgehead atoms. The van der Waals surface area contributed by atoms with Gasteiger partial charge in [0.2, 0.25) is 0 Å². The van der Waals surface area contributed by atoms with Gasteiger partial charge >= 0.3 is 5.69 Å². The lowest BCUT2D eigenvalue weighted by atomic mass is 10.1. The number of ether oxygens (including phenoxy) is 3.